The highest BCUT2D eigenvalue weighted by molar-refractivity contribution is 5.90. The molecule has 3 heterocycles. The van der Waals surface area contributed by atoms with Crippen molar-refractivity contribution < 1.29 is 43.2 Å². The highest BCUT2D eigenvalue weighted by Crippen LogP contribution is 2.80. The molecule has 2 unspecified atom stereocenters. The SMILES string of the molecule is CC(=O)O[C@@H]1C[C@H]2C(C)(C)C(=O)C(O)C(O)[C@]2(C)[C@H]2CC[C@@]3(C)[C@@H](c4ccoc4)OC(=O)[C@H]4O[C@]43[C@@]21C. The Balaban J connectivity index is 1.56. The smallest absolute Gasteiger partial charge is 0.339 e. The van der Waals surface area contributed by atoms with Crippen LogP contribution in [0.3, 0.4) is 0 Å². The summed E-state index contributed by atoms with van der Waals surface area (Å²) in [5.74, 6) is -2.03. The fourth-order valence-electron chi connectivity index (χ4n) is 9.78. The Morgan fingerprint density at radius 1 is 1.08 bits per heavy atom. The van der Waals surface area contributed by atoms with Crippen LogP contribution in [-0.2, 0) is 28.6 Å². The quantitative estimate of drug-likeness (QED) is 0.449. The first kappa shape index (κ1) is 25.1. The number of esters is 2. The van der Waals surface area contributed by atoms with Gasteiger partial charge in [0, 0.05) is 34.1 Å². The Bertz CT molecular complexity index is 1170. The summed E-state index contributed by atoms with van der Waals surface area (Å²) in [4.78, 5) is 38.9. The molecule has 202 valence electrons. The van der Waals surface area contributed by atoms with Crippen molar-refractivity contribution >= 4 is 17.7 Å². The average Bonchev–Trinajstić information content (AvgIpc) is 3.40. The van der Waals surface area contributed by atoms with Crippen molar-refractivity contribution in [2.45, 2.75) is 96.9 Å². The average molecular weight is 517 g/mol. The number of aliphatic hydroxyl groups excluding tert-OH is 2. The first-order valence-corrected chi connectivity index (χ1v) is 13.2. The van der Waals surface area contributed by atoms with Crippen molar-refractivity contribution in [3.05, 3.63) is 24.2 Å². The molecule has 0 aromatic carbocycles. The van der Waals surface area contributed by atoms with Crippen molar-refractivity contribution in [3.8, 4) is 0 Å². The molecule has 11 atom stereocenters. The van der Waals surface area contributed by atoms with Gasteiger partial charge in [-0.2, -0.15) is 0 Å². The lowest BCUT2D eigenvalue weighted by Gasteiger charge is -2.70. The van der Waals surface area contributed by atoms with Crippen LogP contribution in [0.25, 0.3) is 0 Å². The molecule has 37 heavy (non-hydrogen) atoms. The zero-order chi connectivity index (χ0) is 26.9. The first-order chi connectivity index (χ1) is 17.2. The molecule has 9 nitrogen and oxygen atoms in total. The minimum Gasteiger partial charge on any atom is -0.472 e. The number of carbonyl (C=O) groups is 3. The van der Waals surface area contributed by atoms with E-state index in [-0.39, 0.29) is 11.8 Å². The lowest BCUT2D eigenvalue weighted by Crippen LogP contribution is -2.76. The van der Waals surface area contributed by atoms with Crippen LogP contribution in [0, 0.1) is 33.5 Å². The number of cyclic esters (lactones) is 1. The number of carbonyl (C=O) groups excluding carboxylic acids is 3. The minimum atomic E-state index is -1.53. The number of fused-ring (bicyclic) bond motifs is 3. The normalized spacial score (nSPS) is 51.6. The molecule has 3 aliphatic carbocycles. The number of rotatable bonds is 2. The second-order valence-corrected chi connectivity index (χ2v) is 13.1. The topological polar surface area (TPSA) is 136 Å². The van der Waals surface area contributed by atoms with Crippen LogP contribution < -0.4 is 0 Å². The fourth-order valence-corrected chi connectivity index (χ4v) is 9.78. The molecule has 1 aromatic rings. The molecule has 0 radical (unpaired) electrons. The van der Waals surface area contributed by atoms with Crippen LogP contribution >= 0.6 is 0 Å². The molecule has 1 spiro atoms. The summed E-state index contributed by atoms with van der Waals surface area (Å²) >= 11 is 0. The second kappa shape index (κ2) is 7.24. The Hall–Kier alpha value is -2.23. The lowest BCUT2D eigenvalue weighted by molar-refractivity contribution is -0.288. The van der Waals surface area contributed by atoms with E-state index in [0.717, 1.165) is 5.56 Å². The summed E-state index contributed by atoms with van der Waals surface area (Å²) in [7, 11) is 0. The van der Waals surface area contributed by atoms with E-state index in [0.29, 0.717) is 19.3 Å². The van der Waals surface area contributed by atoms with Gasteiger partial charge in [0.25, 0.3) is 0 Å². The van der Waals surface area contributed by atoms with E-state index in [1.165, 1.54) is 6.92 Å². The van der Waals surface area contributed by atoms with Gasteiger partial charge in [0.05, 0.1) is 18.6 Å². The maximum absolute atomic E-state index is 13.3. The van der Waals surface area contributed by atoms with Gasteiger partial charge in [-0.1, -0.05) is 34.6 Å². The van der Waals surface area contributed by atoms with Gasteiger partial charge in [-0.05, 0) is 37.2 Å². The highest BCUT2D eigenvalue weighted by Gasteiger charge is 2.89. The van der Waals surface area contributed by atoms with E-state index in [1.807, 2.05) is 13.8 Å². The molecule has 9 heteroatoms. The van der Waals surface area contributed by atoms with Crippen molar-refractivity contribution in [2.75, 3.05) is 0 Å². The van der Waals surface area contributed by atoms with Gasteiger partial charge >= 0.3 is 11.9 Å². The Labute approximate surface area is 215 Å². The van der Waals surface area contributed by atoms with Crippen LogP contribution in [-0.4, -0.2) is 58.0 Å². The summed E-state index contributed by atoms with van der Waals surface area (Å²) < 4.78 is 23.8. The number of hydrogen-bond acceptors (Lipinski definition) is 9. The third-order valence-corrected chi connectivity index (χ3v) is 11.5. The second-order valence-electron chi connectivity index (χ2n) is 13.1. The van der Waals surface area contributed by atoms with Gasteiger partial charge in [-0.3, -0.25) is 9.59 Å². The summed E-state index contributed by atoms with van der Waals surface area (Å²) in [6, 6.07) is 1.78. The number of aliphatic hydroxyl groups is 2. The lowest BCUT2D eigenvalue weighted by atomic mass is 9.34. The Morgan fingerprint density at radius 2 is 1.78 bits per heavy atom. The summed E-state index contributed by atoms with van der Waals surface area (Å²) in [6.07, 6.45) is -0.376. The van der Waals surface area contributed by atoms with Gasteiger partial charge in [0.15, 0.2) is 11.9 Å². The van der Waals surface area contributed by atoms with Gasteiger partial charge in [-0.25, -0.2) is 4.79 Å². The van der Waals surface area contributed by atoms with Crippen LogP contribution in [0.4, 0.5) is 0 Å². The van der Waals surface area contributed by atoms with Crippen LogP contribution in [0.15, 0.2) is 23.0 Å². The maximum Gasteiger partial charge on any atom is 0.339 e. The van der Waals surface area contributed by atoms with Crippen molar-refractivity contribution in [1.29, 1.82) is 0 Å². The standard InChI is InChI=1S/C28H36O9/c1-13(29)35-17-11-16-24(2,3)19(31)18(30)20(32)26(16,5)15-7-9-25(4)21(14-8-10-34-12-14)36-23(33)22-28(25,37-22)27(15,17)6/h8,10,12,15-18,20-22,30,32H,7,9,11H2,1-6H3/t15-,16+,17-,18?,20?,21-,22-,25+,26-,27+,28-/m1/s1. The number of furan rings is 1. The molecule has 2 N–H and O–H groups in total. The molecular formula is C28H36O9. The molecule has 1 aromatic heterocycles. The van der Waals surface area contributed by atoms with Crippen molar-refractivity contribution in [2.24, 2.45) is 33.5 Å². The van der Waals surface area contributed by atoms with E-state index in [4.69, 9.17) is 18.6 Å². The fraction of sp³-hybridized carbons (Fsp3) is 0.750. The molecule has 5 aliphatic rings. The van der Waals surface area contributed by atoms with Gasteiger partial charge in [0.2, 0.25) is 0 Å². The molecule has 2 aliphatic heterocycles. The molecule has 0 bridgehead atoms. The number of Topliss-reactive ketones (excluding diaryl/α,β-unsaturated/α-hetero) is 1. The maximum atomic E-state index is 13.3. The molecule has 0 amide bonds. The third kappa shape index (κ3) is 2.63. The monoisotopic (exact) mass is 516 g/mol. The van der Waals surface area contributed by atoms with Gasteiger partial charge < -0.3 is 28.8 Å². The predicted octanol–water partition coefficient (Wildman–Crippen LogP) is 2.73. The number of ether oxygens (including phenoxy) is 3. The molecule has 3 saturated carbocycles. The molecule has 6 rings (SSSR count). The molecule has 2 saturated heterocycles. The van der Waals surface area contributed by atoms with Crippen molar-refractivity contribution in [3.63, 3.8) is 0 Å². The molecular weight excluding hydrogens is 480 g/mol. The first-order valence-electron chi connectivity index (χ1n) is 13.2. The van der Waals surface area contributed by atoms with Crippen molar-refractivity contribution in [1.82, 2.24) is 0 Å². The minimum absolute atomic E-state index is 0.297. The van der Waals surface area contributed by atoms with Crippen LogP contribution in [0.5, 0.6) is 0 Å². The Morgan fingerprint density at radius 3 is 2.41 bits per heavy atom. The van der Waals surface area contributed by atoms with E-state index in [9.17, 15) is 24.6 Å². The summed E-state index contributed by atoms with van der Waals surface area (Å²) in [6.45, 7) is 11.0. The summed E-state index contributed by atoms with van der Waals surface area (Å²) in [5, 5.41) is 22.5. The van der Waals surface area contributed by atoms with Crippen LogP contribution in [0.1, 0.15) is 72.5 Å². The van der Waals surface area contributed by atoms with Gasteiger partial charge in [-0.15, -0.1) is 0 Å². The Kier molecular flexibility index (Phi) is 4.91. The van der Waals surface area contributed by atoms with E-state index >= 15 is 0 Å². The number of hydrogen-bond donors (Lipinski definition) is 2. The third-order valence-electron chi connectivity index (χ3n) is 11.5. The van der Waals surface area contributed by atoms with E-state index in [1.54, 1.807) is 32.4 Å². The summed E-state index contributed by atoms with van der Waals surface area (Å²) in [5.41, 5.74) is -3.76. The number of epoxide rings is 1. The zero-order valence-electron chi connectivity index (χ0n) is 22.1. The van der Waals surface area contributed by atoms with E-state index in [2.05, 4.69) is 6.92 Å². The van der Waals surface area contributed by atoms with Gasteiger partial charge in [0.1, 0.15) is 23.9 Å². The molecule has 5 fully saturated rings. The van der Waals surface area contributed by atoms with Crippen LogP contribution in [0.2, 0.25) is 0 Å². The van der Waals surface area contributed by atoms with E-state index < -0.39 is 75.5 Å². The highest BCUT2D eigenvalue weighted by atomic mass is 16.7. The zero-order valence-corrected chi connectivity index (χ0v) is 22.1. The largest absolute Gasteiger partial charge is 0.472 e. The predicted molar refractivity (Wildman–Crippen MR) is 127 cm³/mol. The number of ketones is 1.